The lowest BCUT2D eigenvalue weighted by atomic mass is 9.89. The van der Waals surface area contributed by atoms with Crippen LogP contribution in [0.5, 0.6) is 5.88 Å². The van der Waals surface area contributed by atoms with Gasteiger partial charge in [-0.2, -0.15) is 5.10 Å². The Hall–Kier alpha value is -2.05. The van der Waals surface area contributed by atoms with E-state index >= 15 is 0 Å². The van der Waals surface area contributed by atoms with Crippen molar-refractivity contribution in [2.24, 2.45) is 7.05 Å². The van der Waals surface area contributed by atoms with Crippen molar-refractivity contribution in [1.82, 2.24) is 20.0 Å². The third-order valence-electron chi connectivity index (χ3n) is 4.29. The minimum atomic E-state index is 0.423. The molecule has 22 heavy (non-hydrogen) atoms. The molecule has 0 aromatic carbocycles. The zero-order valence-corrected chi connectivity index (χ0v) is 13.4. The highest BCUT2D eigenvalue weighted by Crippen LogP contribution is 2.32. The van der Waals surface area contributed by atoms with E-state index < -0.39 is 0 Å². The molecular weight excluding hydrogens is 282 g/mol. The van der Waals surface area contributed by atoms with E-state index in [1.165, 1.54) is 19.3 Å². The van der Waals surface area contributed by atoms with Gasteiger partial charge in [0.05, 0.1) is 24.9 Å². The number of aromatic nitrogens is 4. The normalized spacial score (nSPS) is 16.0. The van der Waals surface area contributed by atoms with Crippen LogP contribution in [0, 0.1) is 6.92 Å². The number of ether oxygens (including phenoxy) is 1. The number of rotatable bonds is 5. The summed E-state index contributed by atoms with van der Waals surface area (Å²) in [7, 11) is 3.51. The second-order valence-corrected chi connectivity index (χ2v) is 5.83. The highest BCUT2D eigenvalue weighted by atomic mass is 16.5. The molecule has 2 aromatic rings. The molecule has 3 rings (SSSR count). The molecule has 2 aromatic heterocycles. The van der Waals surface area contributed by atoms with Gasteiger partial charge in [0.15, 0.2) is 0 Å². The van der Waals surface area contributed by atoms with Crippen molar-refractivity contribution in [3.63, 3.8) is 0 Å². The molecule has 7 nitrogen and oxygen atoms in total. The fourth-order valence-corrected chi connectivity index (χ4v) is 3.12. The van der Waals surface area contributed by atoms with Gasteiger partial charge in [-0.15, -0.1) is 5.10 Å². The van der Waals surface area contributed by atoms with Crippen molar-refractivity contribution in [3.8, 4) is 5.88 Å². The average molecular weight is 305 g/mol. The molecule has 1 aliphatic rings. The second kappa shape index (κ2) is 6.37. The summed E-state index contributed by atoms with van der Waals surface area (Å²) in [5.74, 6) is 1.93. The number of hydrogen-bond donors (Lipinski definition) is 1. The Morgan fingerprint density at radius 2 is 2.05 bits per heavy atom. The summed E-state index contributed by atoms with van der Waals surface area (Å²) < 4.78 is 12.9. The SMILES string of the molecule is COc1c(CNc2nnc(C3CCCCC3)o2)c(C)nn1C. The largest absolute Gasteiger partial charge is 0.481 e. The van der Waals surface area contributed by atoms with Gasteiger partial charge >= 0.3 is 6.01 Å². The zero-order valence-electron chi connectivity index (χ0n) is 13.4. The quantitative estimate of drug-likeness (QED) is 0.915. The van der Waals surface area contributed by atoms with E-state index in [4.69, 9.17) is 9.15 Å². The summed E-state index contributed by atoms with van der Waals surface area (Å²) >= 11 is 0. The molecule has 0 unspecified atom stereocenters. The lowest BCUT2D eigenvalue weighted by molar-refractivity contribution is 0.365. The Bertz CT molecular complexity index is 628. The molecule has 1 fully saturated rings. The van der Waals surface area contributed by atoms with Gasteiger partial charge in [-0.25, -0.2) is 4.68 Å². The molecule has 1 saturated carbocycles. The molecule has 0 amide bonds. The van der Waals surface area contributed by atoms with Crippen LogP contribution < -0.4 is 10.1 Å². The van der Waals surface area contributed by atoms with Crippen molar-refractivity contribution >= 4 is 6.01 Å². The third kappa shape index (κ3) is 2.93. The van der Waals surface area contributed by atoms with Crippen molar-refractivity contribution in [1.29, 1.82) is 0 Å². The van der Waals surface area contributed by atoms with Gasteiger partial charge in [0.1, 0.15) is 0 Å². The van der Waals surface area contributed by atoms with Crippen molar-refractivity contribution in [2.75, 3.05) is 12.4 Å². The Labute approximate surface area is 130 Å². The Balaban J connectivity index is 1.66. The van der Waals surface area contributed by atoms with E-state index in [1.54, 1.807) is 11.8 Å². The minimum Gasteiger partial charge on any atom is -0.481 e. The maximum atomic E-state index is 5.76. The smallest absolute Gasteiger partial charge is 0.315 e. The number of nitrogens with zero attached hydrogens (tertiary/aromatic N) is 4. The molecule has 2 heterocycles. The first kappa shape index (κ1) is 14.9. The molecule has 120 valence electrons. The summed E-state index contributed by atoms with van der Waals surface area (Å²) in [6.45, 7) is 2.51. The molecule has 7 heteroatoms. The molecule has 0 saturated heterocycles. The molecule has 0 radical (unpaired) electrons. The first-order chi connectivity index (χ1) is 10.7. The van der Waals surface area contributed by atoms with E-state index in [2.05, 4.69) is 20.6 Å². The van der Waals surface area contributed by atoms with Crippen LogP contribution in [-0.2, 0) is 13.6 Å². The number of methoxy groups -OCH3 is 1. The molecule has 1 N–H and O–H groups in total. The maximum absolute atomic E-state index is 5.76. The Kier molecular flexibility index (Phi) is 4.31. The topological polar surface area (TPSA) is 78.0 Å². The summed E-state index contributed by atoms with van der Waals surface area (Å²) in [6, 6.07) is 0.464. The predicted molar refractivity (Wildman–Crippen MR) is 81.9 cm³/mol. The van der Waals surface area contributed by atoms with Crippen molar-refractivity contribution < 1.29 is 9.15 Å². The zero-order chi connectivity index (χ0) is 15.5. The molecule has 1 aliphatic carbocycles. The standard InChI is InChI=1S/C15H23N5O2/c1-10-12(14(21-3)20(2)19-10)9-16-15-18-17-13(22-15)11-7-5-4-6-8-11/h11H,4-9H2,1-3H3,(H,16,18). The van der Waals surface area contributed by atoms with Crippen LogP contribution in [0.3, 0.4) is 0 Å². The molecule has 0 spiro atoms. The van der Waals surface area contributed by atoms with Gasteiger partial charge in [0.2, 0.25) is 11.8 Å². The van der Waals surface area contributed by atoms with Crippen LogP contribution in [0.2, 0.25) is 0 Å². The van der Waals surface area contributed by atoms with Crippen LogP contribution in [0.1, 0.15) is 55.2 Å². The van der Waals surface area contributed by atoms with Gasteiger partial charge in [-0.05, 0) is 19.8 Å². The number of nitrogens with one attached hydrogen (secondary N) is 1. The van der Waals surface area contributed by atoms with Crippen LogP contribution in [0.15, 0.2) is 4.42 Å². The van der Waals surface area contributed by atoms with Gasteiger partial charge in [0, 0.05) is 13.0 Å². The monoisotopic (exact) mass is 305 g/mol. The maximum Gasteiger partial charge on any atom is 0.315 e. The van der Waals surface area contributed by atoms with E-state index in [0.29, 0.717) is 18.5 Å². The molecular formula is C15H23N5O2. The summed E-state index contributed by atoms with van der Waals surface area (Å²) in [5.41, 5.74) is 1.93. The summed E-state index contributed by atoms with van der Waals surface area (Å²) in [4.78, 5) is 0. The fourth-order valence-electron chi connectivity index (χ4n) is 3.12. The van der Waals surface area contributed by atoms with E-state index in [0.717, 1.165) is 35.9 Å². The van der Waals surface area contributed by atoms with Crippen LogP contribution in [0.4, 0.5) is 6.01 Å². The lowest BCUT2D eigenvalue weighted by Gasteiger charge is -2.17. The molecule has 0 aliphatic heterocycles. The van der Waals surface area contributed by atoms with Crippen LogP contribution in [-0.4, -0.2) is 27.1 Å². The lowest BCUT2D eigenvalue weighted by Crippen LogP contribution is -2.04. The Morgan fingerprint density at radius 3 is 2.77 bits per heavy atom. The van der Waals surface area contributed by atoms with Crippen molar-refractivity contribution in [2.45, 2.75) is 51.5 Å². The van der Waals surface area contributed by atoms with Crippen molar-refractivity contribution in [3.05, 3.63) is 17.1 Å². The summed E-state index contributed by atoms with van der Waals surface area (Å²) in [5, 5.41) is 15.8. The van der Waals surface area contributed by atoms with E-state index in [1.807, 2.05) is 14.0 Å². The summed E-state index contributed by atoms with van der Waals surface area (Å²) in [6.07, 6.45) is 6.12. The fraction of sp³-hybridized carbons (Fsp3) is 0.667. The van der Waals surface area contributed by atoms with E-state index in [-0.39, 0.29) is 0 Å². The van der Waals surface area contributed by atoms with Crippen LogP contribution >= 0.6 is 0 Å². The van der Waals surface area contributed by atoms with Crippen LogP contribution in [0.25, 0.3) is 0 Å². The van der Waals surface area contributed by atoms with Gasteiger partial charge in [-0.1, -0.05) is 24.4 Å². The molecule has 0 atom stereocenters. The van der Waals surface area contributed by atoms with Gasteiger partial charge in [-0.3, -0.25) is 0 Å². The first-order valence-electron chi connectivity index (χ1n) is 7.82. The van der Waals surface area contributed by atoms with Gasteiger partial charge in [0.25, 0.3) is 0 Å². The highest BCUT2D eigenvalue weighted by Gasteiger charge is 2.21. The number of aryl methyl sites for hydroxylation is 2. The first-order valence-corrected chi connectivity index (χ1v) is 7.82. The number of hydrogen-bond acceptors (Lipinski definition) is 6. The minimum absolute atomic E-state index is 0.423. The average Bonchev–Trinajstić information content (AvgIpc) is 3.10. The molecule has 0 bridgehead atoms. The van der Waals surface area contributed by atoms with Gasteiger partial charge < -0.3 is 14.5 Å². The van der Waals surface area contributed by atoms with E-state index in [9.17, 15) is 0 Å². The highest BCUT2D eigenvalue weighted by molar-refractivity contribution is 5.34. The predicted octanol–water partition coefficient (Wildman–Crippen LogP) is 2.78. The Morgan fingerprint density at radius 1 is 1.27 bits per heavy atom. The second-order valence-electron chi connectivity index (χ2n) is 5.83. The third-order valence-corrected chi connectivity index (χ3v) is 4.29. The number of anilines is 1.